The lowest BCUT2D eigenvalue weighted by Crippen LogP contribution is -2.19. The molecule has 0 atom stereocenters. The van der Waals surface area contributed by atoms with Crippen molar-refractivity contribution in [2.45, 2.75) is 103 Å². The first-order valence-corrected chi connectivity index (χ1v) is 10.7. The number of hydrogen-bond acceptors (Lipinski definition) is 0. The highest BCUT2D eigenvalue weighted by Gasteiger charge is 2.36. The van der Waals surface area contributed by atoms with Crippen LogP contribution in [0.25, 0.3) is 0 Å². The zero-order valence-electron chi connectivity index (χ0n) is 14.6. The van der Waals surface area contributed by atoms with Crippen molar-refractivity contribution in [2.75, 3.05) is 0 Å². The Kier molecular flexibility index (Phi) is 4.93. The molecule has 0 aromatic carbocycles. The van der Waals surface area contributed by atoms with Crippen LogP contribution in [0, 0.1) is 23.7 Å². The summed E-state index contributed by atoms with van der Waals surface area (Å²) in [6, 6.07) is 0. The van der Waals surface area contributed by atoms with Gasteiger partial charge in [-0.25, -0.2) is 0 Å². The molecule has 4 aliphatic rings. The predicted molar refractivity (Wildman–Crippen MR) is 94.9 cm³/mol. The summed E-state index contributed by atoms with van der Waals surface area (Å²) >= 11 is 0. The van der Waals surface area contributed by atoms with Crippen LogP contribution >= 0.6 is 0 Å². The lowest BCUT2D eigenvalue weighted by atomic mass is 9.73. The van der Waals surface area contributed by atoms with Crippen LogP contribution in [0.1, 0.15) is 103 Å². The number of hydrogen-bond donors (Lipinski definition) is 0. The molecular weight excluding hydrogens is 264 g/mol. The van der Waals surface area contributed by atoms with Crippen LogP contribution in [-0.2, 0) is 0 Å². The van der Waals surface area contributed by atoms with E-state index in [1.807, 2.05) is 0 Å². The summed E-state index contributed by atoms with van der Waals surface area (Å²) < 4.78 is 0. The Morgan fingerprint density at radius 2 is 0.500 bits per heavy atom. The summed E-state index contributed by atoms with van der Waals surface area (Å²) in [5.41, 5.74) is 4.18. The van der Waals surface area contributed by atoms with Crippen molar-refractivity contribution < 1.29 is 0 Å². The van der Waals surface area contributed by atoms with Crippen LogP contribution in [-0.4, -0.2) is 0 Å². The van der Waals surface area contributed by atoms with Crippen LogP contribution in [0.3, 0.4) is 0 Å². The second-order valence-electron chi connectivity index (χ2n) is 8.84. The maximum Gasteiger partial charge on any atom is -0.0198 e. The Morgan fingerprint density at radius 1 is 0.318 bits per heavy atom. The van der Waals surface area contributed by atoms with Crippen LogP contribution in [0.4, 0.5) is 0 Å². The molecule has 0 radical (unpaired) electrons. The zero-order chi connectivity index (χ0) is 14.8. The first-order valence-electron chi connectivity index (χ1n) is 10.7. The standard InChI is InChI=1S/C22H36/c1-2-10-17(9-1)21(18-11-3-4-12-18)22(19-13-5-6-14-19)20-15-7-8-16-20/h17-20H,1-16H2. The van der Waals surface area contributed by atoms with Crippen LogP contribution in [0.5, 0.6) is 0 Å². The number of allylic oxidation sites excluding steroid dienone is 2. The summed E-state index contributed by atoms with van der Waals surface area (Å²) in [5, 5.41) is 0. The third-order valence-electron chi connectivity index (χ3n) is 7.51. The van der Waals surface area contributed by atoms with Crippen molar-refractivity contribution in [3.63, 3.8) is 0 Å². The summed E-state index contributed by atoms with van der Waals surface area (Å²) in [7, 11) is 0. The molecule has 4 rings (SSSR count). The monoisotopic (exact) mass is 300 g/mol. The van der Waals surface area contributed by atoms with Gasteiger partial charge in [0.2, 0.25) is 0 Å². The summed E-state index contributed by atoms with van der Waals surface area (Å²) in [5.74, 6) is 4.05. The summed E-state index contributed by atoms with van der Waals surface area (Å²) in [6.07, 6.45) is 24.4. The Hall–Kier alpha value is -0.260. The van der Waals surface area contributed by atoms with Gasteiger partial charge >= 0.3 is 0 Å². The van der Waals surface area contributed by atoms with E-state index < -0.39 is 0 Å². The Labute approximate surface area is 138 Å². The Bertz CT molecular complexity index is 306. The van der Waals surface area contributed by atoms with E-state index in [1.165, 1.54) is 103 Å². The largest absolute Gasteiger partial charge is 0.0642 e. The van der Waals surface area contributed by atoms with E-state index in [0.29, 0.717) is 0 Å². The maximum atomic E-state index is 2.09. The topological polar surface area (TPSA) is 0 Å². The van der Waals surface area contributed by atoms with E-state index in [0.717, 1.165) is 23.7 Å². The highest BCUT2D eigenvalue weighted by Crippen LogP contribution is 2.50. The van der Waals surface area contributed by atoms with Gasteiger partial charge in [-0.15, -0.1) is 0 Å². The second-order valence-corrected chi connectivity index (χ2v) is 8.84. The molecule has 0 saturated heterocycles. The van der Waals surface area contributed by atoms with Gasteiger partial charge in [0, 0.05) is 0 Å². The molecule has 22 heavy (non-hydrogen) atoms. The van der Waals surface area contributed by atoms with Gasteiger partial charge in [0.05, 0.1) is 0 Å². The molecule has 0 aromatic rings. The van der Waals surface area contributed by atoms with Gasteiger partial charge in [-0.1, -0.05) is 62.5 Å². The molecule has 0 bridgehead atoms. The minimum Gasteiger partial charge on any atom is -0.0642 e. The van der Waals surface area contributed by atoms with Gasteiger partial charge in [-0.3, -0.25) is 0 Å². The van der Waals surface area contributed by atoms with Gasteiger partial charge < -0.3 is 0 Å². The molecule has 0 aliphatic heterocycles. The minimum absolute atomic E-state index is 1.01. The van der Waals surface area contributed by atoms with Crippen molar-refractivity contribution in [3.8, 4) is 0 Å². The quantitative estimate of drug-likeness (QED) is 0.488. The fourth-order valence-corrected chi connectivity index (χ4v) is 6.56. The van der Waals surface area contributed by atoms with E-state index in [4.69, 9.17) is 0 Å². The predicted octanol–water partition coefficient (Wildman–Crippen LogP) is 7.04. The molecule has 0 heteroatoms. The molecule has 0 aromatic heterocycles. The third kappa shape index (κ3) is 3.04. The van der Waals surface area contributed by atoms with Crippen LogP contribution in [0.15, 0.2) is 11.1 Å². The van der Waals surface area contributed by atoms with Gasteiger partial charge in [0.1, 0.15) is 0 Å². The fraction of sp³-hybridized carbons (Fsp3) is 0.909. The van der Waals surface area contributed by atoms with E-state index in [1.54, 1.807) is 0 Å². The summed E-state index contributed by atoms with van der Waals surface area (Å²) in [4.78, 5) is 0. The lowest BCUT2D eigenvalue weighted by molar-refractivity contribution is 0.439. The van der Waals surface area contributed by atoms with Crippen molar-refractivity contribution >= 4 is 0 Å². The Balaban J connectivity index is 1.71. The van der Waals surface area contributed by atoms with E-state index in [9.17, 15) is 0 Å². The zero-order valence-corrected chi connectivity index (χ0v) is 14.6. The van der Waals surface area contributed by atoms with Crippen molar-refractivity contribution in [1.82, 2.24) is 0 Å². The molecule has 4 saturated carbocycles. The molecule has 0 spiro atoms. The van der Waals surface area contributed by atoms with E-state index in [2.05, 4.69) is 11.1 Å². The molecule has 0 unspecified atom stereocenters. The third-order valence-corrected chi connectivity index (χ3v) is 7.51. The number of rotatable bonds is 4. The van der Waals surface area contributed by atoms with Crippen LogP contribution in [0.2, 0.25) is 0 Å². The second kappa shape index (κ2) is 7.10. The first kappa shape index (κ1) is 15.3. The molecule has 124 valence electrons. The molecule has 4 fully saturated rings. The van der Waals surface area contributed by atoms with Crippen molar-refractivity contribution in [3.05, 3.63) is 11.1 Å². The first-order chi connectivity index (χ1) is 10.9. The fourth-order valence-electron chi connectivity index (χ4n) is 6.56. The average Bonchev–Trinajstić information content (AvgIpc) is 3.35. The molecule has 4 aliphatic carbocycles. The Morgan fingerprint density at radius 3 is 0.682 bits per heavy atom. The molecule has 0 N–H and O–H groups in total. The van der Waals surface area contributed by atoms with Crippen LogP contribution < -0.4 is 0 Å². The van der Waals surface area contributed by atoms with Crippen molar-refractivity contribution in [1.29, 1.82) is 0 Å². The molecular formula is C22H36. The minimum atomic E-state index is 1.01. The van der Waals surface area contributed by atoms with Crippen molar-refractivity contribution in [2.24, 2.45) is 23.7 Å². The molecule has 0 heterocycles. The SMILES string of the molecule is C1CCC(C(=C(C2CCCC2)C2CCCC2)C2CCCC2)C1. The highest BCUT2D eigenvalue weighted by molar-refractivity contribution is 5.27. The van der Waals surface area contributed by atoms with Gasteiger partial charge in [-0.05, 0) is 75.0 Å². The maximum absolute atomic E-state index is 2.09. The van der Waals surface area contributed by atoms with Gasteiger partial charge in [0.15, 0.2) is 0 Å². The highest BCUT2D eigenvalue weighted by atomic mass is 14.4. The normalized spacial score (nSPS) is 28.9. The van der Waals surface area contributed by atoms with Gasteiger partial charge in [0.25, 0.3) is 0 Å². The molecule has 0 nitrogen and oxygen atoms in total. The summed E-state index contributed by atoms with van der Waals surface area (Å²) in [6.45, 7) is 0. The van der Waals surface area contributed by atoms with E-state index in [-0.39, 0.29) is 0 Å². The average molecular weight is 301 g/mol. The van der Waals surface area contributed by atoms with Gasteiger partial charge in [-0.2, -0.15) is 0 Å². The lowest BCUT2D eigenvalue weighted by Gasteiger charge is -2.32. The smallest absolute Gasteiger partial charge is 0.0198 e. The molecule has 0 amide bonds. The van der Waals surface area contributed by atoms with E-state index >= 15 is 0 Å².